The van der Waals surface area contributed by atoms with Gasteiger partial charge < -0.3 is 43.0 Å². The molecule has 0 fully saturated rings. The van der Waals surface area contributed by atoms with Crippen LogP contribution in [0.1, 0.15) is 28.8 Å². The van der Waals surface area contributed by atoms with E-state index in [2.05, 4.69) is 20.2 Å². The first-order valence-electron chi connectivity index (χ1n) is 7.99. The smallest absolute Gasteiger partial charge is 0.180 e. The summed E-state index contributed by atoms with van der Waals surface area (Å²) in [4.78, 5) is 0. The van der Waals surface area contributed by atoms with Crippen molar-refractivity contribution >= 4 is 0 Å². The maximum absolute atomic E-state index is 9.57. The van der Waals surface area contributed by atoms with Gasteiger partial charge >= 0.3 is 0 Å². The van der Waals surface area contributed by atoms with Gasteiger partial charge in [-0.1, -0.05) is 18.2 Å². The number of likely N-dealkylation sites (N-methyl/N-ethyl adjacent to an activating group) is 1. The molecule has 0 unspecified atom stereocenters. The zero-order chi connectivity index (χ0) is 16.2. The third-order valence-corrected chi connectivity index (χ3v) is 5.23. The van der Waals surface area contributed by atoms with Gasteiger partial charge in [-0.3, -0.25) is 0 Å². The Balaban J connectivity index is 0.00000169. The fourth-order valence-corrected chi connectivity index (χ4v) is 3.97. The van der Waals surface area contributed by atoms with Crippen LogP contribution in [0.3, 0.4) is 0 Å². The molecule has 24 heavy (non-hydrogen) atoms. The molecule has 2 atom stereocenters. The molecule has 2 aliphatic rings. The monoisotopic (exact) mass is 439 g/mol. The molecule has 2 aliphatic heterocycles. The molecule has 0 saturated carbocycles. The first-order valence-corrected chi connectivity index (χ1v) is 7.99. The van der Waals surface area contributed by atoms with Crippen molar-refractivity contribution in [1.29, 1.82) is 0 Å². The third-order valence-electron chi connectivity index (χ3n) is 5.23. The lowest BCUT2D eigenvalue weighted by molar-refractivity contribution is -0.925. The highest BCUT2D eigenvalue weighted by molar-refractivity contribution is 5.56. The molecule has 5 heteroatoms. The van der Waals surface area contributed by atoms with Gasteiger partial charge in [0.1, 0.15) is 5.75 Å². The average Bonchev–Trinajstić information content (AvgIpc) is 2.94. The Bertz CT molecular complexity index is 758. The van der Waals surface area contributed by atoms with E-state index in [0.717, 1.165) is 34.5 Å². The molecular weight excluding hydrogens is 417 g/mol. The molecule has 0 saturated heterocycles. The number of ether oxygens (including phenoxy) is 2. The number of halogens is 1. The second kappa shape index (κ2) is 6.11. The number of phenols is 1. The summed E-state index contributed by atoms with van der Waals surface area (Å²) in [5, 5.41) is 9.57. The van der Waals surface area contributed by atoms with E-state index in [4.69, 9.17) is 9.47 Å². The summed E-state index contributed by atoms with van der Waals surface area (Å²) in [6.07, 6.45) is 0.998. The SMILES string of the molecule is COc1ccc2c3c1O[C@H](c1ccc(O)cc1)[C@H]3[N+](C)(C)CC2.[I-]. The summed E-state index contributed by atoms with van der Waals surface area (Å²) in [6.45, 7) is 1.08. The molecule has 1 N–H and O–H groups in total. The lowest BCUT2D eigenvalue weighted by Gasteiger charge is -2.41. The summed E-state index contributed by atoms with van der Waals surface area (Å²) >= 11 is 0. The molecule has 0 aliphatic carbocycles. The fourth-order valence-electron chi connectivity index (χ4n) is 3.97. The quantitative estimate of drug-likeness (QED) is 0.538. The highest BCUT2D eigenvalue weighted by atomic mass is 127. The fraction of sp³-hybridized carbons (Fsp3) is 0.368. The number of nitrogens with zero attached hydrogens (tertiary/aromatic N) is 1. The number of rotatable bonds is 2. The predicted octanol–water partition coefficient (Wildman–Crippen LogP) is 0.212. The Hall–Kier alpha value is -1.47. The summed E-state index contributed by atoms with van der Waals surface area (Å²) in [7, 11) is 6.21. The van der Waals surface area contributed by atoms with Crippen LogP contribution in [-0.4, -0.2) is 37.3 Å². The van der Waals surface area contributed by atoms with Crippen molar-refractivity contribution in [2.45, 2.75) is 18.6 Å². The highest BCUT2D eigenvalue weighted by Crippen LogP contribution is 2.56. The van der Waals surface area contributed by atoms with Gasteiger partial charge in [-0.2, -0.15) is 0 Å². The Labute approximate surface area is 159 Å². The summed E-state index contributed by atoms with van der Waals surface area (Å²) in [6, 6.07) is 11.8. The minimum atomic E-state index is -0.0593. The van der Waals surface area contributed by atoms with E-state index in [9.17, 15) is 5.11 Å². The molecule has 0 spiro atoms. The molecule has 2 heterocycles. The minimum Gasteiger partial charge on any atom is -1.00 e. The van der Waals surface area contributed by atoms with Crippen LogP contribution < -0.4 is 33.5 Å². The Morgan fingerprint density at radius 3 is 2.50 bits per heavy atom. The first-order chi connectivity index (χ1) is 11.0. The molecule has 4 rings (SSSR count). The van der Waals surface area contributed by atoms with E-state index >= 15 is 0 Å². The molecule has 2 aromatic rings. The summed E-state index contributed by atoms with van der Waals surface area (Å²) in [5.41, 5.74) is 3.74. The maximum Gasteiger partial charge on any atom is 0.180 e. The van der Waals surface area contributed by atoms with Crippen molar-refractivity contribution in [3.8, 4) is 17.2 Å². The van der Waals surface area contributed by atoms with Crippen LogP contribution in [-0.2, 0) is 6.42 Å². The van der Waals surface area contributed by atoms with Crippen LogP contribution in [0.5, 0.6) is 17.2 Å². The van der Waals surface area contributed by atoms with Gasteiger partial charge in [0, 0.05) is 6.42 Å². The molecule has 2 aromatic carbocycles. The lowest BCUT2D eigenvalue weighted by atomic mass is 9.87. The molecule has 0 bridgehead atoms. The normalized spacial score (nSPS) is 23.0. The third kappa shape index (κ3) is 2.54. The van der Waals surface area contributed by atoms with E-state index in [1.54, 1.807) is 19.2 Å². The zero-order valence-electron chi connectivity index (χ0n) is 14.1. The van der Waals surface area contributed by atoms with E-state index in [1.807, 2.05) is 18.2 Å². The molecular formula is C19H22INO3. The Kier molecular flexibility index (Phi) is 4.42. The van der Waals surface area contributed by atoms with Crippen molar-refractivity contribution in [3.05, 3.63) is 53.1 Å². The molecule has 0 amide bonds. The summed E-state index contributed by atoms with van der Waals surface area (Å²) < 4.78 is 12.8. The van der Waals surface area contributed by atoms with Crippen molar-refractivity contribution in [1.82, 2.24) is 0 Å². The predicted molar refractivity (Wildman–Crippen MR) is 87.9 cm³/mol. The van der Waals surface area contributed by atoms with Crippen LogP contribution >= 0.6 is 0 Å². The second-order valence-electron chi connectivity index (χ2n) is 7.00. The highest BCUT2D eigenvalue weighted by Gasteiger charge is 2.50. The van der Waals surface area contributed by atoms with Crippen molar-refractivity contribution < 1.29 is 43.0 Å². The molecule has 128 valence electrons. The number of methoxy groups -OCH3 is 1. The van der Waals surface area contributed by atoms with Gasteiger partial charge in [0.15, 0.2) is 23.6 Å². The van der Waals surface area contributed by atoms with Gasteiger partial charge in [-0.15, -0.1) is 0 Å². The van der Waals surface area contributed by atoms with E-state index in [-0.39, 0.29) is 41.9 Å². The minimum absolute atomic E-state index is 0. The van der Waals surface area contributed by atoms with E-state index in [0.29, 0.717) is 0 Å². The van der Waals surface area contributed by atoms with Crippen LogP contribution in [0.15, 0.2) is 36.4 Å². The van der Waals surface area contributed by atoms with Crippen LogP contribution in [0.2, 0.25) is 0 Å². The van der Waals surface area contributed by atoms with Crippen LogP contribution in [0.25, 0.3) is 0 Å². The van der Waals surface area contributed by atoms with Gasteiger partial charge in [0.2, 0.25) is 0 Å². The molecule has 0 aromatic heterocycles. The van der Waals surface area contributed by atoms with Crippen molar-refractivity contribution in [2.75, 3.05) is 27.7 Å². The lowest BCUT2D eigenvalue weighted by Crippen LogP contribution is -3.00. The van der Waals surface area contributed by atoms with Gasteiger partial charge in [0.25, 0.3) is 0 Å². The largest absolute Gasteiger partial charge is 1.00 e. The molecule has 4 nitrogen and oxygen atoms in total. The number of benzene rings is 2. The standard InChI is InChI=1S/C19H21NO3.HI/c1-20(2)11-10-12-6-9-15(22-3)19-16(12)17(20)18(23-19)13-4-7-14(21)8-5-13;/h4-9,17-18H,10-11H2,1-3H3;1H/t17-,18+;/m0./s1. The first kappa shape index (κ1) is 17.4. The van der Waals surface area contributed by atoms with E-state index < -0.39 is 0 Å². The van der Waals surface area contributed by atoms with Gasteiger partial charge in [0.05, 0.1) is 33.3 Å². The number of hydrogen-bond acceptors (Lipinski definition) is 3. The number of aromatic hydroxyl groups is 1. The van der Waals surface area contributed by atoms with Gasteiger partial charge in [-0.05, 0) is 29.3 Å². The summed E-state index contributed by atoms with van der Waals surface area (Å²) in [5.74, 6) is 1.97. The molecule has 0 radical (unpaired) electrons. The average molecular weight is 439 g/mol. The van der Waals surface area contributed by atoms with E-state index in [1.165, 1.54) is 11.1 Å². The zero-order valence-corrected chi connectivity index (χ0v) is 16.3. The number of phenolic OH excluding ortho intramolecular Hbond substituents is 1. The van der Waals surface area contributed by atoms with Gasteiger partial charge in [-0.25, -0.2) is 0 Å². The second-order valence-corrected chi connectivity index (χ2v) is 7.00. The Morgan fingerprint density at radius 1 is 1.12 bits per heavy atom. The number of hydrogen-bond donors (Lipinski definition) is 1. The Morgan fingerprint density at radius 2 is 1.83 bits per heavy atom. The van der Waals surface area contributed by atoms with Crippen LogP contribution in [0, 0.1) is 0 Å². The number of quaternary nitrogens is 1. The maximum atomic E-state index is 9.57. The topological polar surface area (TPSA) is 38.7 Å². The van der Waals surface area contributed by atoms with Crippen molar-refractivity contribution in [2.24, 2.45) is 0 Å². The van der Waals surface area contributed by atoms with Crippen molar-refractivity contribution in [3.63, 3.8) is 0 Å². The van der Waals surface area contributed by atoms with Crippen LogP contribution in [0.4, 0.5) is 0 Å².